The number of benzene rings is 2. The summed E-state index contributed by atoms with van der Waals surface area (Å²) in [6.45, 7) is 0. The fourth-order valence-electron chi connectivity index (χ4n) is 2.72. The van der Waals surface area contributed by atoms with Gasteiger partial charge in [0.25, 0.3) is 11.6 Å². The number of carbonyl (C=O) groups is 1. The first-order valence-electron chi connectivity index (χ1n) is 8.03. The molecule has 0 bridgehead atoms. The zero-order chi connectivity index (χ0) is 18.8. The molecule has 0 radical (unpaired) electrons. The standard InChI is InChI=1S/C18H13N5O3S/c24-17(11-5-7-13(8-6-11)23(25)26)20-18-22-21-16(27-18)9-12-10-19-15-4-2-1-3-14(12)15/h1-8,10,19H,9H2,(H,20,22,24). The van der Waals surface area contributed by atoms with Crippen molar-refractivity contribution in [1.82, 2.24) is 15.2 Å². The van der Waals surface area contributed by atoms with Gasteiger partial charge in [-0.15, -0.1) is 10.2 Å². The lowest BCUT2D eigenvalue weighted by Crippen LogP contribution is -2.11. The molecule has 2 aromatic carbocycles. The fourth-order valence-corrected chi connectivity index (χ4v) is 3.48. The number of anilines is 1. The zero-order valence-corrected chi connectivity index (χ0v) is 14.7. The highest BCUT2D eigenvalue weighted by molar-refractivity contribution is 7.15. The van der Waals surface area contributed by atoms with E-state index in [0.717, 1.165) is 21.5 Å². The van der Waals surface area contributed by atoms with Crippen molar-refractivity contribution in [3.05, 3.63) is 81.0 Å². The average Bonchev–Trinajstić information content (AvgIpc) is 3.29. The summed E-state index contributed by atoms with van der Waals surface area (Å²) in [5.41, 5.74) is 2.41. The van der Waals surface area contributed by atoms with Crippen LogP contribution in [-0.4, -0.2) is 26.0 Å². The smallest absolute Gasteiger partial charge is 0.269 e. The number of para-hydroxylation sites is 1. The number of carbonyl (C=O) groups excluding carboxylic acids is 1. The Morgan fingerprint density at radius 3 is 2.70 bits per heavy atom. The van der Waals surface area contributed by atoms with Gasteiger partial charge in [-0.05, 0) is 23.8 Å². The zero-order valence-electron chi connectivity index (χ0n) is 13.9. The van der Waals surface area contributed by atoms with E-state index in [1.165, 1.54) is 35.6 Å². The highest BCUT2D eigenvalue weighted by Crippen LogP contribution is 2.24. The summed E-state index contributed by atoms with van der Waals surface area (Å²) in [6, 6.07) is 13.4. The Balaban J connectivity index is 1.46. The second-order valence-electron chi connectivity index (χ2n) is 5.80. The minimum atomic E-state index is -0.510. The molecule has 0 saturated carbocycles. The van der Waals surface area contributed by atoms with Gasteiger partial charge in [0.1, 0.15) is 5.01 Å². The number of aromatic amines is 1. The van der Waals surface area contributed by atoms with Crippen LogP contribution in [0.2, 0.25) is 0 Å². The van der Waals surface area contributed by atoms with Gasteiger partial charge in [0.05, 0.1) is 4.92 Å². The molecule has 8 nitrogen and oxygen atoms in total. The van der Waals surface area contributed by atoms with Crippen molar-refractivity contribution in [2.75, 3.05) is 5.32 Å². The molecule has 0 saturated heterocycles. The summed E-state index contributed by atoms with van der Waals surface area (Å²) < 4.78 is 0. The molecule has 0 aliphatic heterocycles. The largest absolute Gasteiger partial charge is 0.361 e. The lowest BCUT2D eigenvalue weighted by Gasteiger charge is -2.00. The molecule has 0 aliphatic rings. The van der Waals surface area contributed by atoms with Gasteiger partial charge in [0.15, 0.2) is 0 Å². The second-order valence-corrected chi connectivity index (χ2v) is 6.86. The van der Waals surface area contributed by atoms with Crippen LogP contribution in [0.1, 0.15) is 20.9 Å². The molecular weight excluding hydrogens is 366 g/mol. The monoisotopic (exact) mass is 379 g/mol. The van der Waals surface area contributed by atoms with E-state index in [1.807, 2.05) is 30.5 Å². The number of amides is 1. The van der Waals surface area contributed by atoms with Crippen molar-refractivity contribution < 1.29 is 9.72 Å². The number of aromatic nitrogens is 3. The summed E-state index contributed by atoms with van der Waals surface area (Å²) in [5.74, 6) is -0.389. The van der Waals surface area contributed by atoms with Crippen LogP contribution in [0.25, 0.3) is 10.9 Å². The van der Waals surface area contributed by atoms with Crippen molar-refractivity contribution in [3.63, 3.8) is 0 Å². The molecule has 2 heterocycles. The predicted octanol–water partition coefficient (Wildman–Crippen LogP) is 3.77. The van der Waals surface area contributed by atoms with E-state index in [2.05, 4.69) is 20.5 Å². The first-order chi connectivity index (χ1) is 13.1. The number of fused-ring (bicyclic) bond motifs is 1. The number of non-ortho nitro benzene ring substituents is 1. The molecule has 1 amide bonds. The minimum absolute atomic E-state index is 0.0662. The molecule has 4 rings (SSSR count). The van der Waals surface area contributed by atoms with E-state index in [0.29, 0.717) is 17.1 Å². The minimum Gasteiger partial charge on any atom is -0.361 e. The first-order valence-corrected chi connectivity index (χ1v) is 8.85. The van der Waals surface area contributed by atoms with Crippen LogP contribution in [0.15, 0.2) is 54.7 Å². The van der Waals surface area contributed by atoms with Gasteiger partial charge in [-0.3, -0.25) is 20.2 Å². The molecule has 0 fully saturated rings. The van der Waals surface area contributed by atoms with Crippen LogP contribution in [0.4, 0.5) is 10.8 Å². The van der Waals surface area contributed by atoms with Gasteiger partial charge in [-0.2, -0.15) is 0 Å². The molecule has 2 N–H and O–H groups in total. The molecule has 134 valence electrons. The Labute approximate surface area is 157 Å². The third kappa shape index (κ3) is 3.53. The van der Waals surface area contributed by atoms with E-state index in [1.54, 1.807) is 0 Å². The van der Waals surface area contributed by atoms with Crippen LogP contribution in [0.5, 0.6) is 0 Å². The summed E-state index contributed by atoms with van der Waals surface area (Å²) >= 11 is 1.29. The summed E-state index contributed by atoms with van der Waals surface area (Å²) in [5, 5.41) is 23.8. The number of hydrogen-bond donors (Lipinski definition) is 2. The predicted molar refractivity (Wildman–Crippen MR) is 102 cm³/mol. The van der Waals surface area contributed by atoms with Crippen molar-refractivity contribution in [2.45, 2.75) is 6.42 Å². The number of nitrogens with zero attached hydrogens (tertiary/aromatic N) is 3. The molecule has 4 aromatic rings. The number of nitro groups is 1. The van der Waals surface area contributed by atoms with E-state index in [9.17, 15) is 14.9 Å². The number of nitro benzene ring substituents is 1. The third-order valence-electron chi connectivity index (χ3n) is 4.04. The van der Waals surface area contributed by atoms with E-state index in [-0.39, 0.29) is 11.6 Å². The summed E-state index contributed by atoms with van der Waals surface area (Å²) in [6.07, 6.45) is 2.55. The second kappa shape index (κ2) is 6.96. The summed E-state index contributed by atoms with van der Waals surface area (Å²) in [7, 11) is 0. The topological polar surface area (TPSA) is 114 Å². The Morgan fingerprint density at radius 2 is 1.93 bits per heavy atom. The Kier molecular flexibility index (Phi) is 4.35. The SMILES string of the molecule is O=C(Nc1nnc(Cc2c[nH]c3ccccc23)s1)c1ccc([N+](=O)[O-])cc1. The van der Waals surface area contributed by atoms with Gasteiger partial charge in [0, 0.05) is 41.2 Å². The van der Waals surface area contributed by atoms with Gasteiger partial charge in [0.2, 0.25) is 5.13 Å². The van der Waals surface area contributed by atoms with Crippen LogP contribution in [-0.2, 0) is 6.42 Å². The number of rotatable bonds is 5. The fraction of sp³-hybridized carbons (Fsp3) is 0.0556. The van der Waals surface area contributed by atoms with Gasteiger partial charge in [-0.25, -0.2) is 0 Å². The normalized spacial score (nSPS) is 10.8. The molecule has 0 unspecified atom stereocenters. The third-order valence-corrected chi connectivity index (χ3v) is 4.88. The highest BCUT2D eigenvalue weighted by Gasteiger charge is 2.13. The molecular formula is C18H13N5O3S. The van der Waals surface area contributed by atoms with Crippen LogP contribution < -0.4 is 5.32 Å². The lowest BCUT2D eigenvalue weighted by atomic mass is 10.1. The quantitative estimate of drug-likeness (QED) is 0.405. The van der Waals surface area contributed by atoms with Crippen molar-refractivity contribution in [3.8, 4) is 0 Å². The van der Waals surface area contributed by atoms with E-state index < -0.39 is 4.92 Å². The molecule has 27 heavy (non-hydrogen) atoms. The molecule has 2 aromatic heterocycles. The molecule has 9 heteroatoms. The van der Waals surface area contributed by atoms with Crippen molar-refractivity contribution in [2.24, 2.45) is 0 Å². The van der Waals surface area contributed by atoms with Crippen molar-refractivity contribution >= 4 is 39.0 Å². The molecule has 0 spiro atoms. The van der Waals surface area contributed by atoms with Crippen LogP contribution in [0, 0.1) is 10.1 Å². The first kappa shape index (κ1) is 16.9. The summed E-state index contributed by atoms with van der Waals surface area (Å²) in [4.78, 5) is 25.6. The van der Waals surface area contributed by atoms with Gasteiger partial charge in [-0.1, -0.05) is 29.5 Å². The Hall–Kier alpha value is -3.59. The Morgan fingerprint density at radius 1 is 1.15 bits per heavy atom. The maximum atomic E-state index is 12.2. The highest BCUT2D eigenvalue weighted by atomic mass is 32.1. The number of H-pyrrole nitrogens is 1. The average molecular weight is 379 g/mol. The van der Waals surface area contributed by atoms with Gasteiger partial charge >= 0.3 is 0 Å². The number of hydrogen-bond acceptors (Lipinski definition) is 6. The van der Waals surface area contributed by atoms with Crippen LogP contribution >= 0.6 is 11.3 Å². The number of nitrogens with one attached hydrogen (secondary N) is 2. The lowest BCUT2D eigenvalue weighted by molar-refractivity contribution is -0.384. The van der Waals surface area contributed by atoms with Gasteiger partial charge < -0.3 is 4.98 Å². The maximum Gasteiger partial charge on any atom is 0.269 e. The van der Waals surface area contributed by atoms with Crippen molar-refractivity contribution in [1.29, 1.82) is 0 Å². The molecule has 0 aliphatic carbocycles. The Bertz CT molecular complexity index is 1130. The van der Waals surface area contributed by atoms with E-state index in [4.69, 9.17) is 0 Å². The van der Waals surface area contributed by atoms with E-state index >= 15 is 0 Å². The molecule has 0 atom stereocenters. The van der Waals surface area contributed by atoms with Crippen LogP contribution in [0.3, 0.4) is 0 Å². The maximum absolute atomic E-state index is 12.2.